The van der Waals surface area contributed by atoms with Crippen LogP contribution in [0.2, 0.25) is 0 Å². The fourth-order valence-corrected chi connectivity index (χ4v) is 2.07. The van der Waals surface area contributed by atoms with Crippen molar-refractivity contribution in [3.63, 3.8) is 0 Å². The lowest BCUT2D eigenvalue weighted by atomic mass is 10.1. The van der Waals surface area contributed by atoms with E-state index in [1.807, 2.05) is 39.0 Å². The van der Waals surface area contributed by atoms with Gasteiger partial charge in [0, 0.05) is 17.6 Å². The van der Waals surface area contributed by atoms with Crippen molar-refractivity contribution in [2.24, 2.45) is 5.73 Å². The van der Waals surface area contributed by atoms with Gasteiger partial charge in [0.25, 0.3) is 0 Å². The molecular weight excluding hydrogens is 308 g/mol. The number of hydrogen-bond acceptors (Lipinski definition) is 3. The largest absolute Gasteiger partial charge is 0.444 e. The summed E-state index contributed by atoms with van der Waals surface area (Å²) < 4.78 is 5.22. The summed E-state index contributed by atoms with van der Waals surface area (Å²) in [5.41, 5.74) is 8.00. The number of ether oxygens (including phenoxy) is 1. The molecule has 0 atom stereocenters. The molecule has 0 aliphatic heterocycles. The molecule has 0 aliphatic carbocycles. The molecule has 0 spiro atoms. The standard InChI is InChI=1S/C14H21BrN2O2/c1-14(2,3)19-13(18)17-12-5-4-10(6-7-15)8-11(12)9-16/h4-5,8H,6-7,9,16H2,1-3H3,(H,17,18). The molecule has 0 aliphatic rings. The van der Waals surface area contributed by atoms with E-state index in [2.05, 4.69) is 21.2 Å². The maximum Gasteiger partial charge on any atom is 0.412 e. The molecule has 1 aromatic rings. The first-order valence-corrected chi connectivity index (χ1v) is 7.35. The lowest BCUT2D eigenvalue weighted by Gasteiger charge is -2.20. The van der Waals surface area contributed by atoms with E-state index in [4.69, 9.17) is 10.5 Å². The van der Waals surface area contributed by atoms with Crippen LogP contribution in [-0.4, -0.2) is 17.0 Å². The number of carbonyl (C=O) groups excluding carboxylic acids is 1. The van der Waals surface area contributed by atoms with Crippen LogP contribution in [0.15, 0.2) is 18.2 Å². The Bertz CT molecular complexity index is 442. The average molecular weight is 329 g/mol. The molecule has 0 heterocycles. The number of amides is 1. The van der Waals surface area contributed by atoms with Crippen LogP contribution in [0.1, 0.15) is 31.9 Å². The predicted octanol–water partition coefficient (Wildman–Crippen LogP) is 3.43. The van der Waals surface area contributed by atoms with Crippen molar-refractivity contribution in [1.29, 1.82) is 0 Å². The van der Waals surface area contributed by atoms with Gasteiger partial charge in [-0.25, -0.2) is 4.79 Å². The van der Waals surface area contributed by atoms with Gasteiger partial charge in [0.05, 0.1) is 0 Å². The lowest BCUT2D eigenvalue weighted by molar-refractivity contribution is 0.0636. The first-order chi connectivity index (χ1) is 8.85. The molecule has 0 saturated heterocycles. The number of benzene rings is 1. The van der Waals surface area contributed by atoms with Gasteiger partial charge in [-0.1, -0.05) is 28.1 Å². The number of carbonyl (C=O) groups is 1. The summed E-state index contributed by atoms with van der Waals surface area (Å²) in [6.45, 7) is 5.86. The second-order valence-electron chi connectivity index (χ2n) is 5.26. The molecule has 0 radical (unpaired) electrons. The van der Waals surface area contributed by atoms with E-state index in [-0.39, 0.29) is 0 Å². The molecule has 0 bridgehead atoms. The summed E-state index contributed by atoms with van der Waals surface area (Å²) in [6.07, 6.45) is 0.468. The summed E-state index contributed by atoms with van der Waals surface area (Å²) in [6, 6.07) is 5.85. The Balaban J connectivity index is 2.80. The molecular formula is C14H21BrN2O2. The van der Waals surface area contributed by atoms with Crippen molar-refractivity contribution >= 4 is 27.7 Å². The van der Waals surface area contributed by atoms with Crippen molar-refractivity contribution in [1.82, 2.24) is 0 Å². The van der Waals surface area contributed by atoms with Crippen molar-refractivity contribution in [2.75, 3.05) is 10.6 Å². The summed E-state index contributed by atoms with van der Waals surface area (Å²) in [5, 5.41) is 3.63. The van der Waals surface area contributed by atoms with E-state index < -0.39 is 11.7 Å². The average Bonchev–Trinajstić information content (AvgIpc) is 2.29. The zero-order valence-corrected chi connectivity index (χ0v) is 13.2. The summed E-state index contributed by atoms with van der Waals surface area (Å²) in [7, 11) is 0. The number of rotatable bonds is 4. The number of anilines is 1. The molecule has 3 N–H and O–H groups in total. The Hall–Kier alpha value is -1.07. The molecule has 0 unspecified atom stereocenters. The highest BCUT2D eigenvalue weighted by atomic mass is 79.9. The maximum absolute atomic E-state index is 11.7. The van der Waals surface area contributed by atoms with E-state index in [1.165, 1.54) is 5.56 Å². The van der Waals surface area contributed by atoms with Crippen LogP contribution in [-0.2, 0) is 17.7 Å². The van der Waals surface area contributed by atoms with Crippen LogP contribution in [0.4, 0.5) is 10.5 Å². The van der Waals surface area contributed by atoms with Gasteiger partial charge in [-0.3, -0.25) is 5.32 Å². The molecule has 19 heavy (non-hydrogen) atoms. The number of alkyl halides is 1. The second kappa shape index (κ2) is 6.91. The second-order valence-corrected chi connectivity index (χ2v) is 6.05. The minimum atomic E-state index is -0.511. The number of nitrogens with one attached hydrogen (secondary N) is 1. The SMILES string of the molecule is CC(C)(C)OC(=O)Nc1ccc(CCBr)cc1CN. The summed E-state index contributed by atoms with van der Waals surface area (Å²) >= 11 is 3.40. The van der Waals surface area contributed by atoms with Crippen molar-refractivity contribution in [3.05, 3.63) is 29.3 Å². The van der Waals surface area contributed by atoms with Crippen LogP contribution >= 0.6 is 15.9 Å². The van der Waals surface area contributed by atoms with Gasteiger partial charge in [0.1, 0.15) is 5.60 Å². The monoisotopic (exact) mass is 328 g/mol. The minimum absolute atomic E-state index is 0.376. The highest BCUT2D eigenvalue weighted by Crippen LogP contribution is 2.19. The normalized spacial score (nSPS) is 11.2. The van der Waals surface area contributed by atoms with Crippen LogP contribution in [0.25, 0.3) is 0 Å². The van der Waals surface area contributed by atoms with Crippen LogP contribution < -0.4 is 11.1 Å². The Morgan fingerprint density at radius 2 is 2.11 bits per heavy atom. The Kier molecular flexibility index (Phi) is 5.82. The number of hydrogen-bond donors (Lipinski definition) is 2. The zero-order valence-electron chi connectivity index (χ0n) is 11.6. The van der Waals surface area contributed by atoms with E-state index in [0.29, 0.717) is 12.2 Å². The molecule has 106 valence electrons. The van der Waals surface area contributed by atoms with E-state index in [9.17, 15) is 4.79 Å². The van der Waals surface area contributed by atoms with Crippen molar-refractivity contribution < 1.29 is 9.53 Å². The highest BCUT2D eigenvalue weighted by molar-refractivity contribution is 9.09. The van der Waals surface area contributed by atoms with E-state index in [1.54, 1.807) is 0 Å². The number of nitrogens with two attached hydrogens (primary N) is 1. The van der Waals surface area contributed by atoms with Gasteiger partial charge < -0.3 is 10.5 Å². The van der Waals surface area contributed by atoms with Gasteiger partial charge in [-0.2, -0.15) is 0 Å². The van der Waals surface area contributed by atoms with Gasteiger partial charge in [0.2, 0.25) is 0 Å². The molecule has 0 aromatic heterocycles. The fourth-order valence-electron chi connectivity index (χ4n) is 1.62. The fraction of sp³-hybridized carbons (Fsp3) is 0.500. The van der Waals surface area contributed by atoms with Crippen molar-refractivity contribution in [3.8, 4) is 0 Å². The maximum atomic E-state index is 11.7. The Morgan fingerprint density at radius 1 is 1.42 bits per heavy atom. The molecule has 0 fully saturated rings. The topological polar surface area (TPSA) is 64.3 Å². The third-order valence-electron chi connectivity index (χ3n) is 2.41. The predicted molar refractivity (Wildman–Crippen MR) is 81.7 cm³/mol. The van der Waals surface area contributed by atoms with Crippen LogP contribution in [0.5, 0.6) is 0 Å². The highest BCUT2D eigenvalue weighted by Gasteiger charge is 2.17. The van der Waals surface area contributed by atoms with Gasteiger partial charge in [0.15, 0.2) is 0 Å². The molecule has 4 nitrogen and oxygen atoms in total. The Labute approximate surface area is 122 Å². The molecule has 0 saturated carbocycles. The van der Waals surface area contributed by atoms with E-state index >= 15 is 0 Å². The van der Waals surface area contributed by atoms with Gasteiger partial charge >= 0.3 is 6.09 Å². The van der Waals surface area contributed by atoms with E-state index in [0.717, 1.165) is 17.3 Å². The first kappa shape index (κ1) is 16.0. The zero-order chi connectivity index (χ0) is 14.5. The molecule has 5 heteroatoms. The Morgan fingerprint density at radius 3 is 2.63 bits per heavy atom. The van der Waals surface area contributed by atoms with Gasteiger partial charge in [-0.05, 0) is 44.4 Å². The molecule has 1 rings (SSSR count). The minimum Gasteiger partial charge on any atom is -0.444 e. The quantitative estimate of drug-likeness (QED) is 0.832. The van der Waals surface area contributed by atoms with Gasteiger partial charge in [-0.15, -0.1) is 0 Å². The number of aryl methyl sites for hydroxylation is 1. The third kappa shape index (κ3) is 5.61. The molecule has 1 amide bonds. The lowest BCUT2D eigenvalue weighted by Crippen LogP contribution is -2.27. The summed E-state index contributed by atoms with van der Waals surface area (Å²) in [4.78, 5) is 11.7. The van der Waals surface area contributed by atoms with Crippen LogP contribution in [0, 0.1) is 0 Å². The first-order valence-electron chi connectivity index (χ1n) is 6.23. The summed E-state index contributed by atoms with van der Waals surface area (Å²) in [5.74, 6) is 0. The van der Waals surface area contributed by atoms with Crippen LogP contribution in [0.3, 0.4) is 0 Å². The molecule has 1 aromatic carbocycles. The smallest absolute Gasteiger partial charge is 0.412 e. The van der Waals surface area contributed by atoms with Crippen molar-refractivity contribution in [2.45, 2.75) is 39.3 Å². The third-order valence-corrected chi connectivity index (χ3v) is 2.80. The number of halogens is 1.